The van der Waals surface area contributed by atoms with Crippen LogP contribution in [0.15, 0.2) is 120 Å². The lowest BCUT2D eigenvalue weighted by Gasteiger charge is -2.36. The van der Waals surface area contributed by atoms with Crippen molar-refractivity contribution in [3.05, 3.63) is 131 Å². The van der Waals surface area contributed by atoms with Crippen LogP contribution in [-0.2, 0) is 9.59 Å². The van der Waals surface area contributed by atoms with E-state index in [-0.39, 0.29) is 25.4 Å². The van der Waals surface area contributed by atoms with Gasteiger partial charge in [0.25, 0.3) is 0 Å². The lowest BCUT2D eigenvalue weighted by atomic mass is 9.68. The van der Waals surface area contributed by atoms with Crippen molar-refractivity contribution in [3.8, 4) is 11.5 Å². The van der Waals surface area contributed by atoms with Crippen LogP contribution in [0.25, 0.3) is 6.08 Å². The van der Waals surface area contributed by atoms with Crippen LogP contribution in [0.3, 0.4) is 0 Å². The molecule has 0 aromatic heterocycles. The molecule has 0 saturated carbocycles. The molecule has 4 aromatic carbocycles. The summed E-state index contributed by atoms with van der Waals surface area (Å²) in [5.41, 5.74) is 4.97. The van der Waals surface area contributed by atoms with Crippen molar-refractivity contribution in [2.45, 2.75) is 45.1 Å². The fraction of sp³-hybridized carbons (Fsp3) is 0.286. The standard InChI is InChI=1S/C42H43FN2O6/c1-2-9-27(22-28-15-20-37(47)36(43)23-28)14-21-38(48)39-29(26-51-33-12-7-4-8-13-33)24-34-40(35(39)25-46)42(50)45(41(34)49)32-18-16-31(17-19-32)44-30-10-5-3-6-11-30/h3-8,10-13,15-20,22-23,34-35,38,40,44,46-48H,2,9,14,21,24-26H2,1H3/b27-22+/t34-,35+,38-,40-/m1/s1. The maximum atomic E-state index is 14.1. The van der Waals surface area contributed by atoms with Gasteiger partial charge in [-0.3, -0.25) is 14.5 Å². The van der Waals surface area contributed by atoms with Gasteiger partial charge in [-0.1, -0.05) is 67.5 Å². The first-order valence-corrected chi connectivity index (χ1v) is 17.4. The van der Waals surface area contributed by atoms with E-state index in [4.69, 9.17) is 4.74 Å². The minimum absolute atomic E-state index is 0.0852. The molecule has 1 aliphatic heterocycles. The molecule has 1 aliphatic carbocycles. The van der Waals surface area contributed by atoms with Crippen LogP contribution in [0.4, 0.5) is 21.5 Å². The van der Waals surface area contributed by atoms with E-state index in [0.29, 0.717) is 41.0 Å². The summed E-state index contributed by atoms with van der Waals surface area (Å²) in [5.74, 6) is -3.61. The lowest BCUT2D eigenvalue weighted by molar-refractivity contribution is -0.123. The first-order valence-electron chi connectivity index (χ1n) is 17.4. The molecular formula is C42H43FN2O6. The number of rotatable bonds is 14. The third kappa shape index (κ3) is 8.06. The number of fused-ring (bicyclic) bond motifs is 1. The molecule has 4 atom stereocenters. The summed E-state index contributed by atoms with van der Waals surface area (Å²) in [4.78, 5) is 29.4. The number of phenolic OH excluding ortho intramolecular Hbond substituents is 1. The van der Waals surface area contributed by atoms with Gasteiger partial charge >= 0.3 is 0 Å². The third-order valence-corrected chi connectivity index (χ3v) is 9.74. The number of hydrogen-bond donors (Lipinski definition) is 4. The number of amides is 2. The molecule has 8 nitrogen and oxygen atoms in total. The average Bonchev–Trinajstić information content (AvgIpc) is 3.40. The molecule has 264 valence electrons. The molecule has 0 spiro atoms. The van der Waals surface area contributed by atoms with E-state index in [1.807, 2.05) is 85.8 Å². The van der Waals surface area contributed by atoms with Gasteiger partial charge in [0.1, 0.15) is 12.4 Å². The molecule has 51 heavy (non-hydrogen) atoms. The van der Waals surface area contributed by atoms with Gasteiger partial charge in [0, 0.05) is 17.3 Å². The maximum Gasteiger partial charge on any atom is 0.238 e. The number of anilines is 3. The number of para-hydroxylation sites is 2. The normalized spacial score (nSPS) is 19.6. The lowest BCUT2D eigenvalue weighted by Crippen LogP contribution is -2.40. The number of carbonyl (C=O) groups is 2. The zero-order valence-corrected chi connectivity index (χ0v) is 28.5. The van der Waals surface area contributed by atoms with Crippen molar-refractivity contribution in [3.63, 3.8) is 0 Å². The average molecular weight is 691 g/mol. The van der Waals surface area contributed by atoms with E-state index in [1.165, 1.54) is 17.0 Å². The highest BCUT2D eigenvalue weighted by Crippen LogP contribution is 2.47. The van der Waals surface area contributed by atoms with E-state index in [2.05, 4.69) is 5.32 Å². The number of benzene rings is 4. The monoisotopic (exact) mass is 690 g/mol. The molecule has 1 heterocycles. The molecule has 1 fully saturated rings. The number of phenols is 1. The highest BCUT2D eigenvalue weighted by molar-refractivity contribution is 6.22. The van der Waals surface area contributed by atoms with Crippen LogP contribution >= 0.6 is 0 Å². The summed E-state index contributed by atoms with van der Waals surface area (Å²) >= 11 is 0. The van der Waals surface area contributed by atoms with E-state index in [1.54, 1.807) is 18.2 Å². The fourth-order valence-electron chi connectivity index (χ4n) is 7.33. The van der Waals surface area contributed by atoms with Gasteiger partial charge in [0.05, 0.1) is 30.2 Å². The van der Waals surface area contributed by atoms with Gasteiger partial charge in [-0.25, -0.2) is 4.39 Å². The number of allylic oxidation sites excluding steroid dienone is 1. The predicted octanol–water partition coefficient (Wildman–Crippen LogP) is 7.79. The Balaban J connectivity index is 1.26. The van der Waals surface area contributed by atoms with E-state index in [0.717, 1.165) is 23.4 Å². The predicted molar refractivity (Wildman–Crippen MR) is 196 cm³/mol. The number of carbonyl (C=O) groups excluding carboxylic acids is 2. The molecule has 4 aromatic rings. The van der Waals surface area contributed by atoms with Crippen molar-refractivity contribution in [1.29, 1.82) is 0 Å². The number of aliphatic hydroxyl groups excluding tert-OH is 2. The number of ether oxygens (including phenoxy) is 1. The molecule has 4 N–H and O–H groups in total. The van der Waals surface area contributed by atoms with E-state index < -0.39 is 47.9 Å². The van der Waals surface area contributed by atoms with Crippen LogP contribution in [0.2, 0.25) is 0 Å². The Morgan fingerprint density at radius 2 is 1.63 bits per heavy atom. The first kappa shape index (κ1) is 35.6. The fourth-order valence-corrected chi connectivity index (χ4v) is 7.33. The second-order valence-electron chi connectivity index (χ2n) is 13.2. The first-order chi connectivity index (χ1) is 24.8. The van der Waals surface area contributed by atoms with Crippen molar-refractivity contribution in [2.24, 2.45) is 17.8 Å². The molecule has 1 saturated heterocycles. The number of aliphatic hydroxyl groups is 2. The molecule has 0 radical (unpaired) electrons. The highest BCUT2D eigenvalue weighted by atomic mass is 19.1. The van der Waals surface area contributed by atoms with Crippen LogP contribution in [0, 0.1) is 23.6 Å². The number of aromatic hydroxyl groups is 1. The Kier molecular flexibility index (Phi) is 11.3. The van der Waals surface area contributed by atoms with E-state index in [9.17, 15) is 29.3 Å². The van der Waals surface area contributed by atoms with Crippen molar-refractivity contribution >= 4 is 35.0 Å². The summed E-state index contributed by atoms with van der Waals surface area (Å²) in [6.07, 6.45) is 3.35. The van der Waals surface area contributed by atoms with Crippen molar-refractivity contribution in [1.82, 2.24) is 0 Å². The minimum atomic E-state index is -1.03. The summed E-state index contributed by atoms with van der Waals surface area (Å²) in [7, 11) is 0. The highest BCUT2D eigenvalue weighted by Gasteiger charge is 2.55. The number of hydrogen-bond acceptors (Lipinski definition) is 7. The zero-order valence-electron chi connectivity index (χ0n) is 28.5. The zero-order chi connectivity index (χ0) is 35.9. The Bertz CT molecular complexity index is 1890. The summed E-state index contributed by atoms with van der Waals surface area (Å²) in [6.45, 7) is 1.69. The molecule has 2 aliphatic rings. The van der Waals surface area contributed by atoms with Crippen LogP contribution in [0.5, 0.6) is 11.5 Å². The Hall–Kier alpha value is -5.25. The Morgan fingerprint density at radius 1 is 0.941 bits per heavy atom. The van der Waals surface area contributed by atoms with Crippen molar-refractivity contribution < 1.29 is 34.0 Å². The van der Waals surface area contributed by atoms with Crippen LogP contribution in [-0.4, -0.2) is 46.5 Å². The topological polar surface area (TPSA) is 119 Å². The molecular weight excluding hydrogens is 647 g/mol. The maximum absolute atomic E-state index is 14.1. The summed E-state index contributed by atoms with van der Waals surface area (Å²) < 4.78 is 20.2. The molecule has 9 heteroatoms. The SMILES string of the molecule is CCC/C(=C\c1ccc(O)c(F)c1)CC[C@@H](O)C1=C(COc2ccccc2)C[C@H]2C(=O)N(c3ccc(Nc4ccccc4)cc3)C(=O)[C@H]2[C@H]1CO. The number of halogens is 1. The van der Waals surface area contributed by atoms with Gasteiger partial charge in [-0.05, 0) is 103 Å². The number of nitrogens with zero attached hydrogens (tertiary/aromatic N) is 1. The number of imide groups is 1. The van der Waals surface area contributed by atoms with Crippen LogP contribution < -0.4 is 15.0 Å². The molecule has 6 rings (SSSR count). The second-order valence-corrected chi connectivity index (χ2v) is 13.2. The largest absolute Gasteiger partial charge is 0.505 e. The van der Waals surface area contributed by atoms with Gasteiger partial charge in [0.2, 0.25) is 11.8 Å². The van der Waals surface area contributed by atoms with Gasteiger partial charge in [0.15, 0.2) is 11.6 Å². The summed E-state index contributed by atoms with van der Waals surface area (Å²) in [5, 5.41) is 35.6. The van der Waals surface area contributed by atoms with E-state index >= 15 is 0 Å². The minimum Gasteiger partial charge on any atom is -0.505 e. The van der Waals surface area contributed by atoms with Gasteiger partial charge in [-0.15, -0.1) is 0 Å². The van der Waals surface area contributed by atoms with Gasteiger partial charge < -0.3 is 25.4 Å². The Labute approximate surface area is 297 Å². The third-order valence-electron chi connectivity index (χ3n) is 9.74. The second kappa shape index (κ2) is 16.2. The molecule has 0 unspecified atom stereocenters. The Morgan fingerprint density at radius 3 is 2.29 bits per heavy atom. The van der Waals surface area contributed by atoms with Gasteiger partial charge in [-0.2, -0.15) is 0 Å². The number of nitrogens with one attached hydrogen (secondary N) is 1. The molecule has 0 bridgehead atoms. The quantitative estimate of drug-likeness (QED) is 0.0788. The van der Waals surface area contributed by atoms with Crippen molar-refractivity contribution in [2.75, 3.05) is 23.4 Å². The molecule has 2 amide bonds. The summed E-state index contributed by atoms with van der Waals surface area (Å²) in [6, 6.07) is 30.2. The van der Waals surface area contributed by atoms with Crippen LogP contribution in [0.1, 0.15) is 44.6 Å². The smallest absolute Gasteiger partial charge is 0.238 e.